The number of aromatic nitrogens is 4. The van der Waals surface area contributed by atoms with Gasteiger partial charge in [-0.15, -0.1) is 0 Å². The number of carbonyl (C=O) groups is 1. The molecule has 2 N–H and O–H groups in total. The number of hydrogen-bond acceptors (Lipinski definition) is 6. The van der Waals surface area contributed by atoms with E-state index in [0.717, 1.165) is 54.0 Å². The Hall–Kier alpha value is -4.23. The highest BCUT2D eigenvalue weighted by molar-refractivity contribution is 5.89. The first kappa shape index (κ1) is 24.9. The van der Waals surface area contributed by atoms with E-state index in [1.807, 2.05) is 32.4 Å². The van der Waals surface area contributed by atoms with Crippen LogP contribution in [-0.4, -0.2) is 66.4 Å². The van der Waals surface area contributed by atoms with E-state index in [0.29, 0.717) is 11.1 Å². The Balaban J connectivity index is 1.61. The fraction of sp³-hybridized carbons (Fsp3) is 0.346. The molecular weight excluding hydrogens is 456 g/mol. The molecule has 0 bridgehead atoms. The van der Waals surface area contributed by atoms with E-state index in [1.54, 1.807) is 33.9 Å². The van der Waals surface area contributed by atoms with Crippen LogP contribution in [0.15, 0.2) is 54.7 Å². The molecule has 1 aliphatic heterocycles. The predicted molar refractivity (Wildman–Crippen MR) is 138 cm³/mol. The van der Waals surface area contributed by atoms with Gasteiger partial charge in [0, 0.05) is 67.0 Å². The van der Waals surface area contributed by atoms with Crippen molar-refractivity contribution >= 4 is 22.8 Å². The lowest BCUT2D eigenvalue weighted by Gasteiger charge is -2.33. The summed E-state index contributed by atoms with van der Waals surface area (Å²) in [4.78, 5) is 18.6. The zero-order chi connectivity index (χ0) is 25.8. The molecule has 4 rings (SSSR count). The molecule has 36 heavy (non-hydrogen) atoms. The molecule has 1 saturated heterocycles. The Morgan fingerprint density at radius 2 is 2.06 bits per heavy atom. The summed E-state index contributed by atoms with van der Waals surface area (Å²) in [6.07, 6.45) is 11.2. The summed E-state index contributed by atoms with van der Waals surface area (Å²) in [7, 11) is 1.86. The maximum Gasteiger partial charge on any atom is 0.248 e. The van der Waals surface area contributed by atoms with E-state index >= 15 is 0 Å². The number of piperidine rings is 1. The quantitative estimate of drug-likeness (QED) is 0.313. The summed E-state index contributed by atoms with van der Waals surface area (Å²) in [5, 5.41) is 30.6. The number of fused-ring (bicyclic) bond motifs is 1. The van der Waals surface area contributed by atoms with E-state index in [9.17, 15) is 15.2 Å². The van der Waals surface area contributed by atoms with Crippen LogP contribution in [0.2, 0.25) is 0 Å². The monoisotopic (exact) mass is 486 g/mol. The molecule has 0 radical (unpaired) electrons. The van der Waals surface area contributed by atoms with E-state index in [4.69, 9.17) is 4.99 Å². The molecule has 4 heterocycles. The number of pyridine rings is 1. The summed E-state index contributed by atoms with van der Waals surface area (Å²) in [6, 6.07) is 4.27. The van der Waals surface area contributed by atoms with Crippen molar-refractivity contribution in [3.8, 4) is 17.2 Å². The van der Waals surface area contributed by atoms with Crippen LogP contribution in [0.5, 0.6) is 0 Å². The van der Waals surface area contributed by atoms with Crippen molar-refractivity contribution < 1.29 is 9.90 Å². The summed E-state index contributed by atoms with van der Waals surface area (Å²) < 4.78 is 3.44. The molecule has 0 unspecified atom stereocenters. The minimum Gasteiger partial charge on any atom is -0.384 e. The number of aryl methyl sites for hydroxylation is 1. The maximum absolute atomic E-state index is 11.8. The highest BCUT2D eigenvalue weighted by atomic mass is 16.3. The van der Waals surface area contributed by atoms with Crippen LogP contribution in [0.4, 0.5) is 0 Å². The van der Waals surface area contributed by atoms with Crippen molar-refractivity contribution in [3.63, 3.8) is 0 Å². The van der Waals surface area contributed by atoms with E-state index in [2.05, 4.69) is 33.1 Å². The summed E-state index contributed by atoms with van der Waals surface area (Å²) in [5.74, 6) is 0.511. The lowest BCUT2D eigenvalue weighted by atomic mass is 10.0. The Labute approximate surface area is 209 Å². The standard InChI is InChI=1S/C26H30N8O2/c1-5-19(12-28-18(3)33-8-6-23(7-9-33)31-26(36)17(2)35)24-10-20(22-14-29-32(4)15-22)16-34-25(24)21(11-27)13-30-34/h5,10,12-17,23,35H,1,6-9H2,2-4H3,(H,31,36)/b19-12+,28-18+/t17-/m1/s1. The summed E-state index contributed by atoms with van der Waals surface area (Å²) in [6.45, 7) is 8.91. The van der Waals surface area contributed by atoms with Crippen molar-refractivity contribution in [3.05, 3.63) is 60.8 Å². The third-order valence-corrected chi connectivity index (χ3v) is 6.37. The molecule has 0 saturated carbocycles. The molecule has 1 fully saturated rings. The molecule has 0 spiro atoms. The third kappa shape index (κ3) is 5.21. The van der Waals surface area contributed by atoms with Crippen molar-refractivity contribution in [2.45, 2.75) is 38.8 Å². The number of aliphatic imine (C=N–C) groups is 1. The lowest BCUT2D eigenvalue weighted by Crippen LogP contribution is -2.48. The second-order valence-electron chi connectivity index (χ2n) is 8.92. The van der Waals surface area contributed by atoms with Gasteiger partial charge in [0.05, 0.1) is 23.5 Å². The number of nitrogens with one attached hydrogen (secondary N) is 1. The van der Waals surface area contributed by atoms with Gasteiger partial charge in [-0.25, -0.2) is 9.51 Å². The highest BCUT2D eigenvalue weighted by Crippen LogP contribution is 2.30. The largest absolute Gasteiger partial charge is 0.384 e. The molecule has 0 aliphatic carbocycles. The molecule has 0 aromatic carbocycles. The van der Waals surface area contributed by atoms with Crippen LogP contribution in [0.3, 0.4) is 0 Å². The van der Waals surface area contributed by atoms with Gasteiger partial charge in [-0.1, -0.05) is 12.7 Å². The number of nitriles is 1. The van der Waals surface area contributed by atoms with Crippen molar-refractivity contribution in [1.29, 1.82) is 5.26 Å². The maximum atomic E-state index is 11.8. The average molecular weight is 487 g/mol. The number of aliphatic hydroxyl groups is 1. The van der Waals surface area contributed by atoms with Crippen LogP contribution >= 0.6 is 0 Å². The van der Waals surface area contributed by atoms with Gasteiger partial charge in [0.25, 0.3) is 0 Å². The third-order valence-electron chi connectivity index (χ3n) is 6.37. The number of hydrogen-bond donors (Lipinski definition) is 2. The number of amidine groups is 1. The first-order valence-electron chi connectivity index (χ1n) is 11.8. The fourth-order valence-corrected chi connectivity index (χ4v) is 4.30. The van der Waals surface area contributed by atoms with Gasteiger partial charge >= 0.3 is 0 Å². The number of allylic oxidation sites excluding steroid dienone is 2. The molecule has 186 valence electrons. The number of aliphatic hydroxyl groups excluding tert-OH is 1. The van der Waals surface area contributed by atoms with Crippen LogP contribution in [0, 0.1) is 11.3 Å². The zero-order valence-electron chi connectivity index (χ0n) is 20.7. The topological polar surface area (TPSA) is 124 Å². The predicted octanol–water partition coefficient (Wildman–Crippen LogP) is 2.51. The van der Waals surface area contributed by atoms with E-state index < -0.39 is 6.10 Å². The lowest BCUT2D eigenvalue weighted by molar-refractivity contribution is -0.129. The number of amides is 1. The Morgan fingerprint density at radius 1 is 1.31 bits per heavy atom. The van der Waals surface area contributed by atoms with E-state index in [-0.39, 0.29) is 11.9 Å². The summed E-state index contributed by atoms with van der Waals surface area (Å²) >= 11 is 0. The fourth-order valence-electron chi connectivity index (χ4n) is 4.30. The first-order valence-corrected chi connectivity index (χ1v) is 11.8. The molecule has 10 nitrogen and oxygen atoms in total. The number of nitrogens with zero attached hydrogens (tertiary/aromatic N) is 7. The van der Waals surface area contributed by atoms with Gasteiger partial charge in [-0.2, -0.15) is 15.5 Å². The van der Waals surface area contributed by atoms with Gasteiger partial charge in [-0.05, 0) is 32.8 Å². The molecule has 3 aromatic rings. The Kier molecular flexibility index (Phi) is 7.31. The minimum atomic E-state index is -1.01. The highest BCUT2D eigenvalue weighted by Gasteiger charge is 2.22. The zero-order valence-corrected chi connectivity index (χ0v) is 20.7. The second-order valence-corrected chi connectivity index (χ2v) is 8.92. The molecule has 3 aromatic heterocycles. The van der Waals surface area contributed by atoms with Crippen LogP contribution in [0.1, 0.15) is 37.8 Å². The van der Waals surface area contributed by atoms with Crippen LogP contribution < -0.4 is 5.32 Å². The van der Waals surface area contributed by atoms with E-state index in [1.165, 1.54) is 6.92 Å². The molecule has 1 aliphatic rings. The van der Waals surface area contributed by atoms with Crippen LogP contribution in [0.25, 0.3) is 22.2 Å². The number of likely N-dealkylation sites (tertiary alicyclic amines) is 1. The molecule has 1 atom stereocenters. The smallest absolute Gasteiger partial charge is 0.248 e. The van der Waals surface area contributed by atoms with Gasteiger partial charge in [0.1, 0.15) is 18.0 Å². The van der Waals surface area contributed by atoms with Crippen molar-refractivity contribution in [1.82, 2.24) is 29.6 Å². The van der Waals surface area contributed by atoms with Gasteiger partial charge in [0.15, 0.2) is 0 Å². The molecule has 1 amide bonds. The SMILES string of the molecule is C=C/C(=C\N=C(/C)N1CCC(NC(=O)[C@@H](C)O)CC1)c1cc(-c2cnn(C)c2)cn2ncc(C#N)c12. The van der Waals surface area contributed by atoms with Gasteiger partial charge in [-0.3, -0.25) is 9.48 Å². The van der Waals surface area contributed by atoms with Gasteiger partial charge in [0.2, 0.25) is 5.91 Å². The van der Waals surface area contributed by atoms with Crippen LogP contribution in [-0.2, 0) is 11.8 Å². The second kappa shape index (κ2) is 10.6. The van der Waals surface area contributed by atoms with Crippen molar-refractivity contribution in [2.75, 3.05) is 13.1 Å². The average Bonchev–Trinajstić information content (AvgIpc) is 3.50. The molecule has 10 heteroatoms. The normalized spacial score (nSPS) is 16.1. The summed E-state index contributed by atoms with van der Waals surface area (Å²) in [5.41, 5.74) is 4.57. The Bertz CT molecular complexity index is 1380. The number of carbonyl (C=O) groups excluding carboxylic acids is 1. The van der Waals surface area contributed by atoms with Crippen molar-refractivity contribution in [2.24, 2.45) is 12.0 Å². The first-order chi connectivity index (χ1) is 17.3. The Morgan fingerprint density at radius 3 is 2.67 bits per heavy atom. The van der Waals surface area contributed by atoms with Gasteiger partial charge < -0.3 is 15.3 Å². The molecular formula is C26H30N8O2. The number of rotatable bonds is 6. The minimum absolute atomic E-state index is 0.0465.